The van der Waals surface area contributed by atoms with Crippen LogP contribution in [-0.2, 0) is 0 Å². The molecule has 0 aliphatic rings. The number of halogens is 2. The highest BCUT2D eigenvalue weighted by molar-refractivity contribution is 9.11. The van der Waals surface area contributed by atoms with Crippen molar-refractivity contribution in [2.24, 2.45) is 0 Å². The van der Waals surface area contributed by atoms with Crippen molar-refractivity contribution in [1.29, 1.82) is 0 Å². The molecule has 0 aliphatic carbocycles. The van der Waals surface area contributed by atoms with E-state index in [-0.39, 0.29) is 12.4 Å². The Hall–Kier alpha value is -0.870. The Morgan fingerprint density at radius 3 is 2.64 bits per heavy atom. The molecule has 0 aliphatic heterocycles. The van der Waals surface area contributed by atoms with Gasteiger partial charge in [-0.25, -0.2) is 4.39 Å². The van der Waals surface area contributed by atoms with Gasteiger partial charge >= 0.3 is 0 Å². The number of ether oxygens (including phenoxy) is 1. The third-order valence-corrected chi connectivity index (χ3v) is 1.83. The van der Waals surface area contributed by atoms with Crippen LogP contribution in [0.25, 0.3) is 0 Å². The summed E-state index contributed by atoms with van der Waals surface area (Å²) in [5.74, 6) is 0.228. The second-order valence-corrected chi connectivity index (χ2v) is 3.18. The molecule has 1 atom stereocenters. The zero-order chi connectivity index (χ0) is 10.4. The number of aliphatic hydroxyl groups excluding tert-OH is 1. The fourth-order valence-corrected chi connectivity index (χ4v) is 1.20. The first-order valence-corrected chi connectivity index (χ1v) is 4.97. The summed E-state index contributed by atoms with van der Waals surface area (Å²) in [5.41, 5.74) is 0. The number of aliphatic hydroxyl groups is 1. The molecule has 0 fully saturated rings. The molecule has 14 heavy (non-hydrogen) atoms. The first kappa shape index (κ1) is 11.2. The van der Waals surface area contributed by atoms with Crippen molar-refractivity contribution >= 4 is 15.9 Å². The van der Waals surface area contributed by atoms with E-state index in [4.69, 9.17) is 4.74 Å². The summed E-state index contributed by atoms with van der Waals surface area (Å²) in [6.07, 6.45) is 0.878. The monoisotopic (exact) mass is 260 g/mol. The smallest absolute Gasteiger partial charge is 0.123 e. The maximum Gasteiger partial charge on any atom is 0.123 e. The van der Waals surface area contributed by atoms with Gasteiger partial charge in [-0.1, -0.05) is 15.9 Å². The van der Waals surface area contributed by atoms with Gasteiger partial charge < -0.3 is 9.84 Å². The van der Waals surface area contributed by atoms with Crippen LogP contribution in [0, 0.1) is 5.82 Å². The van der Waals surface area contributed by atoms with E-state index >= 15 is 0 Å². The van der Waals surface area contributed by atoms with Gasteiger partial charge in [-0.15, -0.1) is 0 Å². The lowest BCUT2D eigenvalue weighted by molar-refractivity contribution is 0.144. The molecule has 1 N–H and O–H groups in total. The van der Waals surface area contributed by atoms with Gasteiger partial charge in [-0.2, -0.15) is 0 Å². The number of rotatable bonds is 4. The van der Waals surface area contributed by atoms with Crippen molar-refractivity contribution in [3.63, 3.8) is 0 Å². The molecular formula is C10H10BrFO2. The van der Waals surface area contributed by atoms with E-state index in [2.05, 4.69) is 15.9 Å². The quantitative estimate of drug-likeness (QED) is 0.902. The average molecular weight is 261 g/mol. The van der Waals surface area contributed by atoms with E-state index in [1.165, 1.54) is 24.3 Å². The summed E-state index contributed by atoms with van der Waals surface area (Å²) in [5, 5.41) is 9.25. The predicted octanol–water partition coefficient (Wildman–Crippen LogP) is 2.47. The van der Waals surface area contributed by atoms with E-state index in [1.807, 2.05) is 0 Å². The largest absolute Gasteiger partial charge is 0.491 e. The van der Waals surface area contributed by atoms with E-state index in [1.54, 1.807) is 11.1 Å². The van der Waals surface area contributed by atoms with Crippen LogP contribution in [0.5, 0.6) is 5.75 Å². The van der Waals surface area contributed by atoms with E-state index < -0.39 is 6.10 Å². The van der Waals surface area contributed by atoms with Gasteiger partial charge in [0, 0.05) is 0 Å². The van der Waals surface area contributed by atoms with Crippen molar-refractivity contribution in [2.75, 3.05) is 6.61 Å². The summed E-state index contributed by atoms with van der Waals surface area (Å²) >= 11 is 3.04. The third-order valence-electron chi connectivity index (χ3n) is 1.53. The second kappa shape index (κ2) is 5.78. The van der Waals surface area contributed by atoms with Crippen LogP contribution in [0.15, 0.2) is 35.3 Å². The molecule has 4 heteroatoms. The molecule has 0 aromatic heterocycles. The van der Waals surface area contributed by atoms with Crippen LogP contribution >= 0.6 is 15.9 Å². The van der Waals surface area contributed by atoms with E-state index in [0.29, 0.717) is 5.75 Å². The number of hydrogen-bond donors (Lipinski definition) is 1. The van der Waals surface area contributed by atoms with Gasteiger partial charge in [0.15, 0.2) is 0 Å². The van der Waals surface area contributed by atoms with Crippen LogP contribution in [0.2, 0.25) is 0 Å². The molecule has 0 amide bonds. The van der Waals surface area contributed by atoms with Crippen molar-refractivity contribution in [1.82, 2.24) is 0 Å². The molecule has 2 nitrogen and oxygen atoms in total. The minimum Gasteiger partial charge on any atom is -0.491 e. The highest BCUT2D eigenvalue weighted by Gasteiger charge is 2.00. The first-order chi connectivity index (χ1) is 6.72. The van der Waals surface area contributed by atoms with Gasteiger partial charge in [-0.05, 0) is 35.3 Å². The van der Waals surface area contributed by atoms with E-state index in [0.717, 1.165) is 0 Å². The topological polar surface area (TPSA) is 29.5 Å². The summed E-state index contributed by atoms with van der Waals surface area (Å²) in [6.45, 7) is 0.147. The average Bonchev–Trinajstić information content (AvgIpc) is 2.17. The summed E-state index contributed by atoms with van der Waals surface area (Å²) < 4.78 is 17.7. The molecule has 76 valence electrons. The standard InChI is InChI=1S/C10H10BrFO2/c11-6-5-9(13)7-14-10-3-1-8(12)2-4-10/h1-6,9,13H,7H2. The lowest BCUT2D eigenvalue weighted by Crippen LogP contribution is -2.14. The summed E-state index contributed by atoms with van der Waals surface area (Å²) in [7, 11) is 0. The first-order valence-electron chi connectivity index (χ1n) is 4.05. The Morgan fingerprint density at radius 2 is 2.07 bits per heavy atom. The van der Waals surface area contributed by atoms with Crippen molar-refractivity contribution < 1.29 is 14.2 Å². The molecule has 1 rings (SSSR count). The van der Waals surface area contributed by atoms with Crippen LogP contribution in [-0.4, -0.2) is 17.8 Å². The molecule has 1 aromatic rings. The van der Waals surface area contributed by atoms with E-state index in [9.17, 15) is 9.50 Å². The van der Waals surface area contributed by atoms with Crippen LogP contribution in [0.1, 0.15) is 0 Å². The second-order valence-electron chi connectivity index (χ2n) is 2.65. The fraction of sp³-hybridized carbons (Fsp3) is 0.200. The SMILES string of the molecule is OC(C=CBr)COc1ccc(F)cc1. The lowest BCUT2D eigenvalue weighted by atomic mass is 10.3. The van der Waals surface area contributed by atoms with Gasteiger partial charge in [0.05, 0.1) is 0 Å². The van der Waals surface area contributed by atoms with Crippen LogP contribution in [0.3, 0.4) is 0 Å². The highest BCUT2D eigenvalue weighted by Crippen LogP contribution is 2.11. The Balaban J connectivity index is 2.42. The molecule has 0 saturated carbocycles. The van der Waals surface area contributed by atoms with Crippen molar-refractivity contribution in [2.45, 2.75) is 6.10 Å². The fourth-order valence-electron chi connectivity index (χ4n) is 0.852. The highest BCUT2D eigenvalue weighted by atomic mass is 79.9. The van der Waals surface area contributed by atoms with Gasteiger partial charge in [0.1, 0.15) is 24.3 Å². The summed E-state index contributed by atoms with van der Waals surface area (Å²) in [4.78, 5) is 1.56. The normalized spacial score (nSPS) is 13.1. The molecular weight excluding hydrogens is 251 g/mol. The zero-order valence-electron chi connectivity index (χ0n) is 7.36. The number of hydrogen-bond acceptors (Lipinski definition) is 2. The zero-order valence-corrected chi connectivity index (χ0v) is 8.95. The maximum absolute atomic E-state index is 12.5. The van der Waals surface area contributed by atoms with Gasteiger partial charge in [0.2, 0.25) is 0 Å². The third kappa shape index (κ3) is 3.89. The maximum atomic E-state index is 12.5. The molecule has 1 aromatic carbocycles. The van der Waals surface area contributed by atoms with Crippen LogP contribution < -0.4 is 4.74 Å². The molecule has 0 radical (unpaired) electrons. The Labute approximate surface area is 90.1 Å². The minimum absolute atomic E-state index is 0.147. The predicted molar refractivity (Wildman–Crippen MR) is 56.0 cm³/mol. The van der Waals surface area contributed by atoms with Gasteiger partial charge in [0.25, 0.3) is 0 Å². The van der Waals surface area contributed by atoms with Crippen LogP contribution in [0.4, 0.5) is 4.39 Å². The van der Waals surface area contributed by atoms with Gasteiger partial charge in [-0.3, -0.25) is 0 Å². The number of benzene rings is 1. The molecule has 0 spiro atoms. The molecule has 0 heterocycles. The Kier molecular flexibility index (Phi) is 4.62. The molecule has 1 unspecified atom stereocenters. The Morgan fingerprint density at radius 1 is 1.43 bits per heavy atom. The molecule has 0 bridgehead atoms. The Bertz CT molecular complexity index is 297. The summed E-state index contributed by atoms with van der Waals surface area (Å²) in [6, 6.07) is 5.64. The van der Waals surface area contributed by atoms with Crippen molar-refractivity contribution in [3.05, 3.63) is 41.1 Å². The molecule has 0 saturated heterocycles. The van der Waals surface area contributed by atoms with Crippen molar-refractivity contribution in [3.8, 4) is 5.75 Å². The minimum atomic E-state index is -0.667. The lowest BCUT2D eigenvalue weighted by Gasteiger charge is -2.08.